The molecule has 0 aliphatic rings. The first kappa shape index (κ1) is 12.4. The SMILES string of the molecule is Cc1cccc(-c2cc(N)cc(C(F)(F)F)c2)n1. The molecule has 0 spiro atoms. The second-order valence-corrected chi connectivity index (χ2v) is 4.01. The van der Waals surface area contributed by atoms with E-state index < -0.39 is 11.7 Å². The summed E-state index contributed by atoms with van der Waals surface area (Å²) in [5.41, 5.74) is 6.40. The Kier molecular flexibility index (Phi) is 2.98. The Labute approximate surface area is 102 Å². The third kappa shape index (κ3) is 2.61. The minimum Gasteiger partial charge on any atom is -0.399 e. The number of benzene rings is 1. The van der Waals surface area contributed by atoms with Crippen LogP contribution in [0.15, 0.2) is 36.4 Å². The van der Waals surface area contributed by atoms with Gasteiger partial charge < -0.3 is 5.73 Å². The van der Waals surface area contributed by atoms with Crippen LogP contribution in [0.3, 0.4) is 0 Å². The van der Waals surface area contributed by atoms with Crippen LogP contribution in [0, 0.1) is 6.92 Å². The molecular weight excluding hydrogens is 241 g/mol. The Morgan fingerprint density at radius 1 is 1.11 bits per heavy atom. The van der Waals surface area contributed by atoms with Crippen LogP contribution in [0.5, 0.6) is 0 Å². The van der Waals surface area contributed by atoms with Gasteiger partial charge in [-0.1, -0.05) is 6.07 Å². The van der Waals surface area contributed by atoms with E-state index in [-0.39, 0.29) is 5.69 Å². The molecule has 1 aromatic carbocycles. The molecule has 0 saturated carbocycles. The van der Waals surface area contributed by atoms with Crippen LogP contribution in [0.1, 0.15) is 11.3 Å². The second-order valence-electron chi connectivity index (χ2n) is 4.01. The minimum atomic E-state index is -4.41. The van der Waals surface area contributed by atoms with Crippen LogP contribution in [-0.4, -0.2) is 4.98 Å². The number of alkyl halides is 3. The van der Waals surface area contributed by atoms with Gasteiger partial charge in [-0.3, -0.25) is 4.98 Å². The molecular formula is C13H11F3N2. The molecule has 2 N–H and O–H groups in total. The molecule has 0 bridgehead atoms. The molecule has 2 rings (SSSR count). The maximum absolute atomic E-state index is 12.7. The number of rotatable bonds is 1. The first-order valence-corrected chi connectivity index (χ1v) is 5.28. The number of hydrogen-bond donors (Lipinski definition) is 1. The van der Waals surface area contributed by atoms with Crippen molar-refractivity contribution in [3.05, 3.63) is 47.7 Å². The molecule has 2 nitrogen and oxygen atoms in total. The maximum Gasteiger partial charge on any atom is 0.416 e. The first-order chi connectivity index (χ1) is 8.36. The largest absolute Gasteiger partial charge is 0.416 e. The Balaban J connectivity index is 2.55. The smallest absolute Gasteiger partial charge is 0.399 e. The summed E-state index contributed by atoms with van der Waals surface area (Å²) in [5.74, 6) is 0. The van der Waals surface area contributed by atoms with E-state index in [0.717, 1.165) is 17.8 Å². The van der Waals surface area contributed by atoms with Crippen LogP contribution >= 0.6 is 0 Å². The molecule has 0 saturated heterocycles. The van der Waals surface area contributed by atoms with E-state index in [1.54, 1.807) is 25.1 Å². The first-order valence-electron chi connectivity index (χ1n) is 5.28. The molecule has 94 valence electrons. The van der Waals surface area contributed by atoms with Crippen molar-refractivity contribution in [1.29, 1.82) is 0 Å². The van der Waals surface area contributed by atoms with Gasteiger partial charge >= 0.3 is 6.18 Å². The highest BCUT2D eigenvalue weighted by atomic mass is 19.4. The molecule has 1 heterocycles. The van der Waals surface area contributed by atoms with Gasteiger partial charge in [0.05, 0.1) is 11.3 Å². The van der Waals surface area contributed by atoms with Crippen molar-refractivity contribution in [2.24, 2.45) is 0 Å². The fraction of sp³-hybridized carbons (Fsp3) is 0.154. The minimum absolute atomic E-state index is 0.0723. The zero-order valence-corrected chi connectivity index (χ0v) is 9.62. The summed E-state index contributed by atoms with van der Waals surface area (Å²) in [5, 5.41) is 0. The van der Waals surface area contributed by atoms with Gasteiger partial charge in [-0.2, -0.15) is 13.2 Å². The molecule has 18 heavy (non-hydrogen) atoms. The lowest BCUT2D eigenvalue weighted by molar-refractivity contribution is -0.137. The normalized spacial score (nSPS) is 11.6. The molecule has 0 unspecified atom stereocenters. The fourth-order valence-corrected chi connectivity index (χ4v) is 1.67. The molecule has 2 aromatic rings. The van der Waals surface area contributed by atoms with Gasteiger partial charge in [0.1, 0.15) is 0 Å². The van der Waals surface area contributed by atoms with E-state index >= 15 is 0 Å². The van der Waals surface area contributed by atoms with Gasteiger partial charge in [-0.25, -0.2) is 0 Å². The predicted octanol–water partition coefficient (Wildman–Crippen LogP) is 3.66. The van der Waals surface area contributed by atoms with Crippen LogP contribution in [-0.2, 0) is 6.18 Å². The molecule has 5 heteroatoms. The summed E-state index contributed by atoms with van der Waals surface area (Å²) in [7, 11) is 0. The van der Waals surface area contributed by atoms with Gasteiger partial charge in [0.2, 0.25) is 0 Å². The van der Waals surface area contributed by atoms with Crippen LogP contribution in [0.4, 0.5) is 18.9 Å². The van der Waals surface area contributed by atoms with E-state index in [0.29, 0.717) is 11.3 Å². The summed E-state index contributed by atoms with van der Waals surface area (Å²) < 4.78 is 38.0. The number of halogens is 3. The molecule has 0 amide bonds. The Morgan fingerprint density at radius 2 is 1.83 bits per heavy atom. The number of nitrogens with zero attached hydrogens (tertiary/aromatic N) is 1. The van der Waals surface area contributed by atoms with E-state index in [9.17, 15) is 13.2 Å². The standard InChI is InChI=1S/C13H11F3N2/c1-8-3-2-4-12(18-8)9-5-10(13(14,15)16)7-11(17)6-9/h2-7H,17H2,1H3. The van der Waals surface area contributed by atoms with Gasteiger partial charge in [0.15, 0.2) is 0 Å². The molecule has 0 radical (unpaired) electrons. The third-order valence-electron chi connectivity index (χ3n) is 2.47. The van der Waals surface area contributed by atoms with Crippen LogP contribution < -0.4 is 5.73 Å². The summed E-state index contributed by atoms with van der Waals surface area (Å²) >= 11 is 0. The summed E-state index contributed by atoms with van der Waals surface area (Å²) in [6.07, 6.45) is -4.41. The lowest BCUT2D eigenvalue weighted by atomic mass is 10.1. The topological polar surface area (TPSA) is 38.9 Å². The predicted molar refractivity (Wildman–Crippen MR) is 63.8 cm³/mol. The van der Waals surface area contributed by atoms with E-state index in [4.69, 9.17) is 5.73 Å². The highest BCUT2D eigenvalue weighted by Crippen LogP contribution is 2.33. The van der Waals surface area contributed by atoms with Crippen molar-refractivity contribution in [1.82, 2.24) is 4.98 Å². The number of nitrogens with two attached hydrogens (primary N) is 1. The Morgan fingerprint density at radius 3 is 2.44 bits per heavy atom. The Bertz CT molecular complexity index is 577. The highest BCUT2D eigenvalue weighted by Gasteiger charge is 2.31. The van der Waals surface area contributed by atoms with Gasteiger partial charge in [0.25, 0.3) is 0 Å². The summed E-state index contributed by atoms with van der Waals surface area (Å²) in [4.78, 5) is 4.18. The molecule has 0 aliphatic carbocycles. The van der Waals surface area contributed by atoms with E-state index in [2.05, 4.69) is 4.98 Å². The van der Waals surface area contributed by atoms with Crippen LogP contribution in [0.25, 0.3) is 11.3 Å². The van der Waals surface area contributed by atoms with Crippen molar-refractivity contribution in [2.75, 3.05) is 5.73 Å². The number of nitrogen functional groups attached to an aromatic ring is 1. The zero-order valence-electron chi connectivity index (χ0n) is 9.62. The van der Waals surface area contributed by atoms with Crippen molar-refractivity contribution in [3.8, 4) is 11.3 Å². The zero-order chi connectivity index (χ0) is 13.3. The number of aromatic nitrogens is 1. The number of aryl methyl sites for hydroxylation is 1. The van der Waals surface area contributed by atoms with Crippen LogP contribution in [0.2, 0.25) is 0 Å². The molecule has 0 atom stereocenters. The van der Waals surface area contributed by atoms with Gasteiger partial charge in [-0.15, -0.1) is 0 Å². The third-order valence-corrected chi connectivity index (χ3v) is 2.47. The molecule has 1 aromatic heterocycles. The lowest BCUT2D eigenvalue weighted by Gasteiger charge is -2.10. The van der Waals surface area contributed by atoms with Gasteiger partial charge in [0, 0.05) is 16.9 Å². The van der Waals surface area contributed by atoms with Crippen molar-refractivity contribution < 1.29 is 13.2 Å². The quantitative estimate of drug-likeness (QED) is 0.786. The number of pyridine rings is 1. The number of hydrogen-bond acceptors (Lipinski definition) is 2. The van der Waals surface area contributed by atoms with Crippen molar-refractivity contribution in [3.63, 3.8) is 0 Å². The van der Waals surface area contributed by atoms with Gasteiger partial charge in [-0.05, 0) is 37.3 Å². The van der Waals surface area contributed by atoms with E-state index in [1.165, 1.54) is 6.07 Å². The molecule has 0 fully saturated rings. The average Bonchev–Trinajstić information content (AvgIpc) is 2.27. The summed E-state index contributed by atoms with van der Waals surface area (Å²) in [6, 6.07) is 8.63. The average molecular weight is 252 g/mol. The fourth-order valence-electron chi connectivity index (χ4n) is 1.67. The molecule has 0 aliphatic heterocycles. The van der Waals surface area contributed by atoms with E-state index in [1.807, 2.05) is 0 Å². The maximum atomic E-state index is 12.7. The monoisotopic (exact) mass is 252 g/mol. The summed E-state index contributed by atoms with van der Waals surface area (Å²) in [6.45, 7) is 1.78. The van der Waals surface area contributed by atoms with Crippen molar-refractivity contribution >= 4 is 5.69 Å². The number of anilines is 1. The Hall–Kier alpha value is -2.04. The lowest BCUT2D eigenvalue weighted by Crippen LogP contribution is -2.06. The highest BCUT2D eigenvalue weighted by molar-refractivity contribution is 5.65. The van der Waals surface area contributed by atoms with Crippen molar-refractivity contribution in [2.45, 2.75) is 13.1 Å². The second kappa shape index (κ2) is 4.33.